The number of nitrogens with zero attached hydrogens (tertiary/aromatic N) is 1. The van der Waals surface area contributed by atoms with Crippen LogP contribution in [-0.4, -0.2) is 6.21 Å². The van der Waals surface area contributed by atoms with Gasteiger partial charge in [0.2, 0.25) is 0 Å². The Bertz CT molecular complexity index is 245. The van der Waals surface area contributed by atoms with Gasteiger partial charge in [0.25, 0.3) is 0 Å². The van der Waals surface area contributed by atoms with Crippen molar-refractivity contribution in [2.24, 2.45) is 10.7 Å². The summed E-state index contributed by atoms with van der Waals surface area (Å²) in [4.78, 5) is 4.09. The van der Waals surface area contributed by atoms with Gasteiger partial charge in [-0.1, -0.05) is 19.1 Å². The highest BCUT2D eigenvalue weighted by Crippen LogP contribution is 1.97. The number of hydrogen-bond donors (Lipinski definition) is 1. The number of rotatable bonds is 4. The number of hydrogen-bond acceptors (Lipinski definition) is 2. The van der Waals surface area contributed by atoms with Gasteiger partial charge in [-0.3, -0.25) is 4.99 Å². The first-order valence-electron chi connectivity index (χ1n) is 4.49. The summed E-state index contributed by atoms with van der Waals surface area (Å²) in [7, 11) is 0. The lowest BCUT2D eigenvalue weighted by Crippen LogP contribution is -1.90. The topological polar surface area (TPSA) is 38.4 Å². The second kappa shape index (κ2) is 7.35. The zero-order valence-electron chi connectivity index (χ0n) is 8.62. The van der Waals surface area contributed by atoms with Crippen LogP contribution in [0, 0.1) is 0 Å². The minimum Gasteiger partial charge on any atom is -0.399 e. The van der Waals surface area contributed by atoms with Crippen LogP contribution in [0.5, 0.6) is 0 Å². The normalized spacial score (nSPS) is 14.7. The molecule has 0 saturated carbocycles. The van der Waals surface area contributed by atoms with Crippen molar-refractivity contribution >= 4 is 6.21 Å². The molecule has 0 heterocycles. The van der Waals surface area contributed by atoms with Crippen molar-refractivity contribution in [3.63, 3.8) is 0 Å². The maximum Gasteiger partial charge on any atom is 0.0293 e. The van der Waals surface area contributed by atoms with Gasteiger partial charge in [0.05, 0.1) is 0 Å². The molecule has 0 saturated heterocycles. The summed E-state index contributed by atoms with van der Waals surface area (Å²) >= 11 is 0. The molecule has 0 aromatic rings. The highest BCUT2D eigenvalue weighted by atomic mass is 14.7. The first-order valence-corrected chi connectivity index (χ1v) is 4.49. The number of aliphatic imine (C=N–C) groups is 1. The van der Waals surface area contributed by atoms with Gasteiger partial charge in [0, 0.05) is 18.1 Å². The van der Waals surface area contributed by atoms with Crippen LogP contribution < -0.4 is 5.73 Å². The average molecular weight is 178 g/mol. The standard InChI is InChI=1S/C11H18N2/c1-4-8-13-9-10(3)6-7-11(12)5-2/h5-9H,4,12H2,1-3H3/b7-6-,10-9+,11-5+,13-8?. The molecule has 0 rings (SSSR count). The summed E-state index contributed by atoms with van der Waals surface area (Å²) in [5, 5.41) is 0. The van der Waals surface area contributed by atoms with Crippen molar-refractivity contribution in [3.05, 3.63) is 35.7 Å². The second-order valence-electron chi connectivity index (χ2n) is 2.74. The van der Waals surface area contributed by atoms with Crippen LogP contribution in [0.1, 0.15) is 27.2 Å². The second-order valence-corrected chi connectivity index (χ2v) is 2.74. The molecule has 0 amide bonds. The fraction of sp³-hybridized carbons (Fsp3) is 0.364. The van der Waals surface area contributed by atoms with Crippen molar-refractivity contribution in [2.75, 3.05) is 0 Å². The molecule has 72 valence electrons. The van der Waals surface area contributed by atoms with Crippen LogP contribution in [0.2, 0.25) is 0 Å². The van der Waals surface area contributed by atoms with E-state index in [1.807, 2.05) is 44.5 Å². The van der Waals surface area contributed by atoms with E-state index in [0.717, 1.165) is 17.7 Å². The molecular weight excluding hydrogens is 160 g/mol. The Morgan fingerprint density at radius 3 is 2.62 bits per heavy atom. The van der Waals surface area contributed by atoms with Crippen LogP contribution in [0.4, 0.5) is 0 Å². The molecule has 0 aromatic heterocycles. The largest absolute Gasteiger partial charge is 0.399 e. The zero-order chi connectivity index (χ0) is 10.1. The minimum absolute atomic E-state index is 0.771. The van der Waals surface area contributed by atoms with Crippen molar-refractivity contribution < 1.29 is 0 Å². The van der Waals surface area contributed by atoms with Gasteiger partial charge in [-0.15, -0.1) is 0 Å². The van der Waals surface area contributed by atoms with E-state index in [4.69, 9.17) is 5.73 Å². The van der Waals surface area contributed by atoms with Gasteiger partial charge >= 0.3 is 0 Å². The summed E-state index contributed by atoms with van der Waals surface area (Å²) in [5.74, 6) is 0. The van der Waals surface area contributed by atoms with E-state index in [1.165, 1.54) is 0 Å². The van der Waals surface area contributed by atoms with Crippen molar-refractivity contribution in [3.8, 4) is 0 Å². The lowest BCUT2D eigenvalue weighted by atomic mass is 10.2. The first-order chi connectivity index (χ1) is 6.20. The van der Waals surface area contributed by atoms with E-state index < -0.39 is 0 Å². The molecule has 0 aliphatic rings. The lowest BCUT2D eigenvalue weighted by molar-refractivity contribution is 1.30. The maximum absolute atomic E-state index is 5.58. The smallest absolute Gasteiger partial charge is 0.0293 e. The highest BCUT2D eigenvalue weighted by Gasteiger charge is 1.80. The van der Waals surface area contributed by atoms with E-state index in [9.17, 15) is 0 Å². The Morgan fingerprint density at radius 1 is 1.38 bits per heavy atom. The Hall–Kier alpha value is -1.31. The summed E-state index contributed by atoms with van der Waals surface area (Å²) in [5.41, 5.74) is 7.45. The number of nitrogens with two attached hydrogens (primary N) is 1. The lowest BCUT2D eigenvalue weighted by Gasteiger charge is -1.90. The van der Waals surface area contributed by atoms with Gasteiger partial charge < -0.3 is 5.73 Å². The SMILES string of the molecule is C\C=C(N)/C=C\C(C)=C\N=CCC. The quantitative estimate of drug-likeness (QED) is 0.521. The van der Waals surface area contributed by atoms with Gasteiger partial charge in [-0.2, -0.15) is 0 Å². The van der Waals surface area contributed by atoms with Gasteiger partial charge in [-0.25, -0.2) is 0 Å². The molecule has 13 heavy (non-hydrogen) atoms. The fourth-order valence-corrected chi connectivity index (χ4v) is 0.643. The monoisotopic (exact) mass is 178 g/mol. The van der Waals surface area contributed by atoms with Crippen LogP contribution in [0.25, 0.3) is 0 Å². The van der Waals surface area contributed by atoms with E-state index in [2.05, 4.69) is 11.9 Å². The van der Waals surface area contributed by atoms with Crippen molar-refractivity contribution in [2.45, 2.75) is 27.2 Å². The molecule has 0 unspecified atom stereocenters. The molecule has 0 atom stereocenters. The van der Waals surface area contributed by atoms with Gasteiger partial charge in [0.15, 0.2) is 0 Å². The molecule has 0 aliphatic heterocycles. The average Bonchev–Trinajstić information content (AvgIpc) is 2.14. The third-order valence-corrected chi connectivity index (χ3v) is 1.44. The summed E-state index contributed by atoms with van der Waals surface area (Å²) in [6.45, 7) is 5.96. The molecule has 0 radical (unpaired) electrons. The van der Waals surface area contributed by atoms with E-state index in [-0.39, 0.29) is 0 Å². The van der Waals surface area contributed by atoms with E-state index in [0.29, 0.717) is 0 Å². The highest BCUT2D eigenvalue weighted by molar-refractivity contribution is 5.57. The molecule has 0 fully saturated rings. The van der Waals surface area contributed by atoms with Gasteiger partial charge in [-0.05, 0) is 31.9 Å². The zero-order valence-corrected chi connectivity index (χ0v) is 8.62. The predicted octanol–water partition coefficient (Wildman–Crippen LogP) is 2.79. The predicted molar refractivity (Wildman–Crippen MR) is 59.6 cm³/mol. The first kappa shape index (κ1) is 11.7. The summed E-state index contributed by atoms with van der Waals surface area (Å²) in [6, 6.07) is 0. The third kappa shape index (κ3) is 7.06. The Balaban J connectivity index is 4.13. The molecular formula is C11H18N2. The molecule has 0 bridgehead atoms. The van der Waals surface area contributed by atoms with E-state index >= 15 is 0 Å². The Labute approximate surface area is 80.6 Å². The van der Waals surface area contributed by atoms with Crippen molar-refractivity contribution in [1.82, 2.24) is 0 Å². The minimum atomic E-state index is 0.771. The molecule has 0 aliphatic carbocycles. The van der Waals surface area contributed by atoms with Crippen LogP contribution in [0.15, 0.2) is 40.7 Å². The van der Waals surface area contributed by atoms with E-state index in [1.54, 1.807) is 0 Å². The maximum atomic E-state index is 5.58. The fourth-order valence-electron chi connectivity index (χ4n) is 0.643. The Kier molecular flexibility index (Phi) is 6.60. The van der Waals surface area contributed by atoms with Gasteiger partial charge in [0.1, 0.15) is 0 Å². The van der Waals surface area contributed by atoms with Crippen LogP contribution in [-0.2, 0) is 0 Å². The molecule has 2 N–H and O–H groups in total. The third-order valence-electron chi connectivity index (χ3n) is 1.44. The van der Waals surface area contributed by atoms with Crippen molar-refractivity contribution in [1.29, 1.82) is 0 Å². The van der Waals surface area contributed by atoms with Crippen LogP contribution in [0.3, 0.4) is 0 Å². The molecule has 0 spiro atoms. The summed E-state index contributed by atoms with van der Waals surface area (Å²) in [6.07, 6.45) is 10.3. The Morgan fingerprint density at radius 2 is 2.08 bits per heavy atom. The molecule has 2 heteroatoms. The molecule has 2 nitrogen and oxygen atoms in total. The molecule has 0 aromatic carbocycles. The van der Waals surface area contributed by atoms with Crippen LogP contribution >= 0.6 is 0 Å². The number of allylic oxidation sites excluding steroid dienone is 4. The summed E-state index contributed by atoms with van der Waals surface area (Å²) < 4.78 is 0.